The van der Waals surface area contributed by atoms with E-state index in [-0.39, 0.29) is 6.61 Å². The SMILES string of the molecule is COCc1cccc(COC(N)=O)c1. The summed E-state index contributed by atoms with van der Waals surface area (Å²) in [6.07, 6.45) is -0.762. The third-order valence-electron chi connectivity index (χ3n) is 1.68. The van der Waals surface area contributed by atoms with Crippen molar-refractivity contribution in [3.63, 3.8) is 0 Å². The van der Waals surface area contributed by atoms with Gasteiger partial charge >= 0.3 is 6.09 Å². The van der Waals surface area contributed by atoms with E-state index in [4.69, 9.17) is 10.5 Å². The molecule has 1 amide bonds. The highest BCUT2D eigenvalue weighted by Gasteiger charge is 1.98. The number of hydrogen-bond donors (Lipinski definition) is 1. The lowest BCUT2D eigenvalue weighted by Crippen LogP contribution is -2.12. The number of rotatable bonds is 4. The van der Waals surface area contributed by atoms with Gasteiger partial charge in [-0.3, -0.25) is 0 Å². The number of carbonyl (C=O) groups excluding carboxylic acids is 1. The summed E-state index contributed by atoms with van der Waals surface area (Å²) < 4.78 is 9.64. The second-order valence-electron chi connectivity index (χ2n) is 2.86. The van der Waals surface area contributed by atoms with Crippen molar-refractivity contribution in [3.8, 4) is 0 Å². The maximum Gasteiger partial charge on any atom is 0.404 e. The first-order valence-electron chi connectivity index (χ1n) is 4.21. The van der Waals surface area contributed by atoms with Crippen molar-refractivity contribution < 1.29 is 14.3 Å². The van der Waals surface area contributed by atoms with Crippen molar-refractivity contribution in [2.75, 3.05) is 7.11 Å². The lowest BCUT2D eigenvalue weighted by atomic mass is 10.1. The van der Waals surface area contributed by atoms with E-state index in [1.165, 1.54) is 0 Å². The lowest BCUT2D eigenvalue weighted by molar-refractivity contribution is 0.150. The monoisotopic (exact) mass is 195 g/mol. The zero-order valence-electron chi connectivity index (χ0n) is 8.03. The Balaban J connectivity index is 2.58. The van der Waals surface area contributed by atoms with Crippen LogP contribution in [0.5, 0.6) is 0 Å². The maximum atomic E-state index is 10.4. The minimum Gasteiger partial charge on any atom is -0.445 e. The molecule has 4 nitrogen and oxygen atoms in total. The summed E-state index contributed by atoms with van der Waals surface area (Å²) in [5, 5.41) is 0. The largest absolute Gasteiger partial charge is 0.445 e. The second-order valence-corrected chi connectivity index (χ2v) is 2.86. The first-order chi connectivity index (χ1) is 6.72. The minimum atomic E-state index is -0.762. The Morgan fingerprint density at radius 2 is 2.00 bits per heavy atom. The Labute approximate surface area is 82.6 Å². The molecule has 0 heterocycles. The van der Waals surface area contributed by atoms with E-state index in [2.05, 4.69) is 4.74 Å². The number of amides is 1. The van der Waals surface area contributed by atoms with Crippen LogP contribution in [0.1, 0.15) is 11.1 Å². The average molecular weight is 195 g/mol. The van der Waals surface area contributed by atoms with E-state index in [1.54, 1.807) is 7.11 Å². The number of hydrogen-bond acceptors (Lipinski definition) is 3. The number of nitrogens with two attached hydrogens (primary N) is 1. The number of carbonyl (C=O) groups is 1. The van der Waals surface area contributed by atoms with Gasteiger partial charge in [0, 0.05) is 7.11 Å². The van der Waals surface area contributed by atoms with Crippen LogP contribution in [0.15, 0.2) is 24.3 Å². The zero-order valence-corrected chi connectivity index (χ0v) is 8.03. The maximum absolute atomic E-state index is 10.4. The third-order valence-corrected chi connectivity index (χ3v) is 1.68. The van der Waals surface area contributed by atoms with E-state index in [0.29, 0.717) is 6.61 Å². The van der Waals surface area contributed by atoms with Crippen molar-refractivity contribution in [2.24, 2.45) is 5.73 Å². The normalized spacial score (nSPS) is 9.79. The van der Waals surface area contributed by atoms with E-state index < -0.39 is 6.09 Å². The molecule has 0 saturated heterocycles. The molecule has 14 heavy (non-hydrogen) atoms. The quantitative estimate of drug-likeness (QED) is 0.790. The van der Waals surface area contributed by atoms with Gasteiger partial charge in [0.25, 0.3) is 0 Å². The summed E-state index contributed by atoms with van der Waals surface area (Å²) in [7, 11) is 1.63. The first kappa shape index (κ1) is 10.5. The standard InChI is InChI=1S/C10H13NO3/c1-13-6-8-3-2-4-9(5-8)7-14-10(11)12/h2-5H,6-7H2,1H3,(H2,11,12). The number of ether oxygens (including phenoxy) is 2. The first-order valence-corrected chi connectivity index (χ1v) is 4.21. The molecule has 0 aromatic heterocycles. The van der Waals surface area contributed by atoms with Gasteiger partial charge in [-0.1, -0.05) is 24.3 Å². The van der Waals surface area contributed by atoms with Crippen LogP contribution < -0.4 is 5.73 Å². The number of methoxy groups -OCH3 is 1. The highest BCUT2D eigenvalue weighted by atomic mass is 16.5. The molecule has 1 rings (SSSR count). The number of primary amides is 1. The molecular weight excluding hydrogens is 182 g/mol. The molecule has 4 heteroatoms. The van der Waals surface area contributed by atoms with Crippen LogP contribution in [0.4, 0.5) is 4.79 Å². The zero-order chi connectivity index (χ0) is 10.4. The summed E-state index contributed by atoms with van der Waals surface area (Å²) in [4.78, 5) is 10.4. The molecule has 0 aliphatic carbocycles. The highest BCUT2D eigenvalue weighted by molar-refractivity contribution is 5.64. The molecule has 0 aliphatic heterocycles. The smallest absolute Gasteiger partial charge is 0.404 e. The molecule has 0 unspecified atom stereocenters. The Bertz CT molecular complexity index is 312. The van der Waals surface area contributed by atoms with E-state index in [1.807, 2.05) is 24.3 Å². The van der Waals surface area contributed by atoms with Crippen molar-refractivity contribution in [1.82, 2.24) is 0 Å². The third kappa shape index (κ3) is 3.45. The fraction of sp³-hybridized carbons (Fsp3) is 0.300. The molecule has 0 saturated carbocycles. The summed E-state index contributed by atoms with van der Waals surface area (Å²) in [6, 6.07) is 7.60. The van der Waals surface area contributed by atoms with Crippen LogP contribution in [0.2, 0.25) is 0 Å². The lowest BCUT2D eigenvalue weighted by Gasteiger charge is -2.04. The van der Waals surface area contributed by atoms with Gasteiger partial charge < -0.3 is 15.2 Å². The van der Waals surface area contributed by atoms with Crippen molar-refractivity contribution in [3.05, 3.63) is 35.4 Å². The Morgan fingerprint density at radius 3 is 2.57 bits per heavy atom. The topological polar surface area (TPSA) is 61.6 Å². The molecule has 0 bridgehead atoms. The second kappa shape index (κ2) is 5.24. The minimum absolute atomic E-state index is 0.201. The summed E-state index contributed by atoms with van der Waals surface area (Å²) >= 11 is 0. The number of benzene rings is 1. The van der Waals surface area contributed by atoms with Gasteiger partial charge in [-0.05, 0) is 11.1 Å². The van der Waals surface area contributed by atoms with Crippen LogP contribution >= 0.6 is 0 Å². The molecule has 0 fully saturated rings. The van der Waals surface area contributed by atoms with E-state index in [0.717, 1.165) is 11.1 Å². The van der Waals surface area contributed by atoms with Gasteiger partial charge in [-0.2, -0.15) is 0 Å². The van der Waals surface area contributed by atoms with Crippen LogP contribution in [0, 0.1) is 0 Å². The Hall–Kier alpha value is -1.55. The molecule has 0 atom stereocenters. The van der Waals surface area contributed by atoms with Crippen molar-refractivity contribution >= 4 is 6.09 Å². The molecule has 1 aromatic rings. The van der Waals surface area contributed by atoms with Gasteiger partial charge in [-0.25, -0.2) is 4.79 Å². The Morgan fingerprint density at radius 1 is 1.36 bits per heavy atom. The molecule has 76 valence electrons. The van der Waals surface area contributed by atoms with Crippen LogP contribution in [0.3, 0.4) is 0 Å². The Kier molecular flexibility index (Phi) is 3.94. The predicted molar refractivity (Wildman–Crippen MR) is 51.5 cm³/mol. The molecular formula is C10H13NO3. The van der Waals surface area contributed by atoms with Gasteiger partial charge in [0.05, 0.1) is 6.61 Å². The fourth-order valence-electron chi connectivity index (χ4n) is 1.13. The molecule has 2 N–H and O–H groups in total. The molecule has 0 aliphatic rings. The van der Waals surface area contributed by atoms with Crippen molar-refractivity contribution in [1.29, 1.82) is 0 Å². The van der Waals surface area contributed by atoms with Gasteiger partial charge in [0.2, 0.25) is 0 Å². The van der Waals surface area contributed by atoms with Crippen LogP contribution in [-0.4, -0.2) is 13.2 Å². The summed E-state index contributed by atoms with van der Waals surface area (Å²) in [6.45, 7) is 0.747. The van der Waals surface area contributed by atoms with Crippen LogP contribution in [-0.2, 0) is 22.7 Å². The van der Waals surface area contributed by atoms with E-state index in [9.17, 15) is 4.79 Å². The molecule has 0 spiro atoms. The van der Waals surface area contributed by atoms with Gasteiger partial charge in [0.1, 0.15) is 6.61 Å². The van der Waals surface area contributed by atoms with Gasteiger partial charge in [0.15, 0.2) is 0 Å². The fourth-order valence-corrected chi connectivity index (χ4v) is 1.13. The van der Waals surface area contributed by atoms with Crippen molar-refractivity contribution in [2.45, 2.75) is 13.2 Å². The molecule has 1 aromatic carbocycles. The van der Waals surface area contributed by atoms with E-state index >= 15 is 0 Å². The summed E-state index contributed by atoms with van der Waals surface area (Å²) in [5.41, 5.74) is 6.79. The molecule has 0 radical (unpaired) electrons. The van der Waals surface area contributed by atoms with Crippen LogP contribution in [0.25, 0.3) is 0 Å². The summed E-state index contributed by atoms with van der Waals surface area (Å²) in [5.74, 6) is 0. The van der Waals surface area contributed by atoms with Gasteiger partial charge in [-0.15, -0.1) is 0 Å². The highest BCUT2D eigenvalue weighted by Crippen LogP contribution is 2.07. The predicted octanol–water partition coefficient (Wildman–Crippen LogP) is 1.43. The average Bonchev–Trinajstić information content (AvgIpc) is 2.16.